The van der Waals surface area contributed by atoms with Gasteiger partial charge in [-0.1, -0.05) is 23.5 Å². The number of hydrogen-bond donors (Lipinski definition) is 2. The highest BCUT2D eigenvalue weighted by atomic mass is 32.2. The third kappa shape index (κ3) is 6.35. The Balaban J connectivity index is 1.27. The van der Waals surface area contributed by atoms with Crippen molar-refractivity contribution in [3.05, 3.63) is 66.1 Å². The van der Waals surface area contributed by atoms with Crippen LogP contribution >= 0.6 is 11.3 Å². The van der Waals surface area contributed by atoms with Crippen molar-refractivity contribution in [2.24, 2.45) is 0 Å². The molecule has 2 atom stereocenters. The van der Waals surface area contributed by atoms with Crippen LogP contribution in [0.5, 0.6) is 0 Å². The third-order valence-corrected chi connectivity index (χ3v) is 13.4. The van der Waals surface area contributed by atoms with Gasteiger partial charge in [-0.25, -0.2) is 45.0 Å². The van der Waals surface area contributed by atoms with Gasteiger partial charge in [0.25, 0.3) is 10.0 Å². The Kier molecular flexibility index (Phi) is 8.58. The number of likely N-dealkylation sites (N-methyl/N-ethyl adjacent to an activating group) is 1. The molecule has 2 aromatic carbocycles. The van der Waals surface area contributed by atoms with Gasteiger partial charge in [0.15, 0.2) is 15.8 Å². The van der Waals surface area contributed by atoms with Crippen LogP contribution in [-0.2, 0) is 19.9 Å². The second-order valence-corrected chi connectivity index (χ2v) is 17.2. The summed E-state index contributed by atoms with van der Waals surface area (Å²) in [4.78, 5) is 17.8. The van der Waals surface area contributed by atoms with E-state index in [0.29, 0.717) is 34.6 Å². The highest BCUT2D eigenvalue weighted by Crippen LogP contribution is 2.44. The fraction of sp³-hybridized carbons (Fsp3) is 0.387. The predicted octanol–water partition coefficient (Wildman–Crippen LogP) is 4.76. The van der Waals surface area contributed by atoms with Gasteiger partial charge in [-0.3, -0.25) is 9.62 Å². The maximum Gasteiger partial charge on any atom is 0.267 e. The summed E-state index contributed by atoms with van der Waals surface area (Å²) in [5.74, 6) is -3.17. The van der Waals surface area contributed by atoms with E-state index < -0.39 is 47.9 Å². The van der Waals surface area contributed by atoms with Gasteiger partial charge in [0.05, 0.1) is 33.5 Å². The van der Waals surface area contributed by atoms with Crippen molar-refractivity contribution < 1.29 is 30.0 Å². The van der Waals surface area contributed by atoms with Crippen LogP contribution in [0.25, 0.3) is 21.8 Å². The number of anilines is 3. The summed E-state index contributed by atoms with van der Waals surface area (Å²) in [7, 11) is -5.81. The topological polar surface area (TPSA) is 137 Å². The summed E-state index contributed by atoms with van der Waals surface area (Å²) in [5, 5.41) is 3.88. The van der Waals surface area contributed by atoms with Gasteiger partial charge in [-0.05, 0) is 63.1 Å². The van der Waals surface area contributed by atoms with Crippen LogP contribution in [-0.4, -0.2) is 86.5 Å². The molecule has 0 spiro atoms. The minimum Gasteiger partial charge on any atom is -0.351 e. The molecular weight excluding hydrogens is 688 g/mol. The minimum absolute atomic E-state index is 0.0356. The second kappa shape index (κ2) is 12.6. The van der Waals surface area contributed by atoms with Crippen LogP contribution < -0.4 is 14.9 Å². The standard InChI is InChI=1S/C31H32F3N7O4S3/c1-40-16-20-9-8-19(40)17-41(20)31-38-27(28(46-31)25-10-13-35-30(37-25)36-18-11-14-47(42,43)15-12-18)21-4-2-7-24(26(21)34)39-48(44,45)29-22(32)5-3-6-23(29)33/h2-7,10,13,18-20,39H,8-9,11-12,14-17H2,1H3,(H,35,36,37). The minimum atomic E-state index is -4.85. The monoisotopic (exact) mass is 719 g/mol. The molecule has 8 rings (SSSR count). The molecule has 0 saturated carbocycles. The fourth-order valence-electron chi connectivity index (χ4n) is 6.56. The maximum atomic E-state index is 16.3. The molecule has 0 aliphatic carbocycles. The van der Waals surface area contributed by atoms with E-state index in [9.17, 15) is 25.6 Å². The smallest absolute Gasteiger partial charge is 0.267 e. The first kappa shape index (κ1) is 32.7. The number of aromatic nitrogens is 3. The Labute approximate surface area is 280 Å². The zero-order valence-corrected chi connectivity index (χ0v) is 28.2. The molecule has 48 heavy (non-hydrogen) atoms. The Morgan fingerprint density at radius 3 is 2.31 bits per heavy atom. The summed E-state index contributed by atoms with van der Waals surface area (Å²) in [6.45, 7) is 1.59. The molecule has 4 fully saturated rings. The number of thiazole rings is 1. The SMILES string of the molecule is CN1CC2CCC1CN2c1nc(-c2cccc(NS(=O)(=O)c3c(F)cccc3F)c2F)c(-c2ccnc(NC3CCS(=O)(=O)CC3)n2)s1. The van der Waals surface area contributed by atoms with E-state index in [2.05, 4.69) is 27.1 Å². The van der Waals surface area contributed by atoms with Gasteiger partial charge >= 0.3 is 0 Å². The Morgan fingerprint density at radius 2 is 1.62 bits per heavy atom. The number of nitrogens with one attached hydrogen (secondary N) is 2. The van der Waals surface area contributed by atoms with E-state index in [-0.39, 0.29) is 40.8 Å². The number of nitrogens with zero attached hydrogens (tertiary/aromatic N) is 5. The van der Waals surface area contributed by atoms with Crippen molar-refractivity contribution in [2.75, 3.05) is 46.6 Å². The zero-order chi connectivity index (χ0) is 33.8. The lowest BCUT2D eigenvalue weighted by Crippen LogP contribution is -2.61. The first-order valence-corrected chi connectivity index (χ1v) is 19.5. The molecule has 254 valence electrons. The first-order valence-electron chi connectivity index (χ1n) is 15.4. The van der Waals surface area contributed by atoms with E-state index >= 15 is 4.39 Å². The molecule has 2 bridgehead atoms. The maximum absolute atomic E-state index is 16.3. The van der Waals surface area contributed by atoms with Gasteiger partial charge < -0.3 is 10.2 Å². The lowest BCUT2D eigenvalue weighted by molar-refractivity contribution is 0.125. The Morgan fingerprint density at radius 1 is 0.917 bits per heavy atom. The normalized spacial score (nSPS) is 21.4. The summed E-state index contributed by atoms with van der Waals surface area (Å²) in [6.07, 6.45) is 4.43. The van der Waals surface area contributed by atoms with Crippen LogP contribution in [0.3, 0.4) is 0 Å². The van der Waals surface area contributed by atoms with Gasteiger partial charge in [-0.2, -0.15) is 0 Å². The fourth-order valence-corrected chi connectivity index (χ4v) is 10.4. The number of hydrogen-bond acceptors (Lipinski definition) is 11. The summed E-state index contributed by atoms with van der Waals surface area (Å²) >= 11 is 1.33. The molecule has 2 unspecified atom stereocenters. The molecule has 0 radical (unpaired) electrons. The number of fused-ring (bicyclic) bond motifs is 3. The summed E-state index contributed by atoms with van der Waals surface area (Å²) in [6, 6.07) is 8.77. The van der Waals surface area contributed by atoms with Crippen LogP contribution in [0.15, 0.2) is 53.6 Å². The average molecular weight is 720 g/mol. The van der Waals surface area contributed by atoms with Crippen LogP contribution in [0.1, 0.15) is 25.7 Å². The average Bonchev–Trinajstić information content (AvgIpc) is 3.48. The highest BCUT2D eigenvalue weighted by Gasteiger charge is 2.39. The Hall–Kier alpha value is -3.80. The first-order chi connectivity index (χ1) is 22.9. The number of piperidine rings is 2. The molecule has 4 aliphatic heterocycles. The number of rotatable bonds is 8. The van der Waals surface area contributed by atoms with Crippen molar-refractivity contribution in [2.45, 2.75) is 48.7 Å². The predicted molar refractivity (Wildman–Crippen MR) is 178 cm³/mol. The molecule has 11 nitrogen and oxygen atoms in total. The Bertz CT molecular complexity index is 2060. The molecule has 4 aromatic rings. The summed E-state index contributed by atoms with van der Waals surface area (Å²) in [5.41, 5.74) is 0.111. The lowest BCUT2D eigenvalue weighted by Gasteiger charge is -2.50. The van der Waals surface area contributed by atoms with Crippen molar-refractivity contribution in [1.82, 2.24) is 19.9 Å². The summed E-state index contributed by atoms with van der Waals surface area (Å²) < 4.78 is 97.1. The van der Waals surface area contributed by atoms with Crippen molar-refractivity contribution in [1.29, 1.82) is 0 Å². The van der Waals surface area contributed by atoms with E-state index in [0.717, 1.165) is 44.1 Å². The molecular formula is C31H32F3N7O4S3. The largest absolute Gasteiger partial charge is 0.351 e. The van der Waals surface area contributed by atoms with E-state index in [4.69, 9.17) is 9.97 Å². The number of piperazine rings is 1. The van der Waals surface area contributed by atoms with Crippen molar-refractivity contribution in [3.8, 4) is 21.8 Å². The van der Waals surface area contributed by atoms with Crippen molar-refractivity contribution in [3.63, 3.8) is 0 Å². The van der Waals surface area contributed by atoms with Crippen LogP contribution in [0.4, 0.5) is 29.9 Å². The highest BCUT2D eigenvalue weighted by molar-refractivity contribution is 7.92. The van der Waals surface area contributed by atoms with Gasteiger partial charge in [0, 0.05) is 43.0 Å². The molecule has 4 saturated heterocycles. The molecule has 6 heterocycles. The van der Waals surface area contributed by atoms with Crippen LogP contribution in [0, 0.1) is 17.5 Å². The number of halogens is 3. The third-order valence-electron chi connectivity index (χ3n) is 9.13. The van der Waals surface area contributed by atoms with Gasteiger partial charge in [0.1, 0.15) is 21.5 Å². The van der Waals surface area contributed by atoms with Crippen LogP contribution in [0.2, 0.25) is 0 Å². The lowest BCUT2D eigenvalue weighted by atomic mass is 9.92. The number of sulfonamides is 1. The van der Waals surface area contributed by atoms with E-state index in [1.807, 2.05) is 4.72 Å². The molecule has 0 amide bonds. The molecule has 2 aromatic heterocycles. The van der Waals surface area contributed by atoms with Gasteiger partial charge in [-0.15, -0.1) is 0 Å². The second-order valence-electron chi connectivity index (χ2n) is 12.3. The molecule has 17 heteroatoms. The van der Waals surface area contributed by atoms with Crippen molar-refractivity contribution >= 4 is 48.0 Å². The molecule has 4 aliphatic rings. The molecule has 2 N–H and O–H groups in total. The quantitative estimate of drug-likeness (QED) is 0.262. The van der Waals surface area contributed by atoms with E-state index in [1.165, 1.54) is 29.5 Å². The number of benzene rings is 2. The number of sulfone groups is 1. The van der Waals surface area contributed by atoms with Gasteiger partial charge in [0.2, 0.25) is 5.95 Å². The van der Waals surface area contributed by atoms with E-state index in [1.54, 1.807) is 12.3 Å². The zero-order valence-electron chi connectivity index (χ0n) is 25.7.